The summed E-state index contributed by atoms with van der Waals surface area (Å²) in [5.74, 6) is 1.00. The third-order valence-corrected chi connectivity index (χ3v) is 4.76. The normalized spacial score (nSPS) is 21.5. The van der Waals surface area contributed by atoms with Crippen LogP contribution in [0.25, 0.3) is 0 Å². The van der Waals surface area contributed by atoms with Crippen molar-refractivity contribution in [3.8, 4) is 0 Å². The number of hydrogen-bond donors (Lipinski definition) is 1. The van der Waals surface area contributed by atoms with E-state index < -0.39 is 0 Å². The van der Waals surface area contributed by atoms with E-state index in [-0.39, 0.29) is 0 Å². The minimum atomic E-state index is 0.697. The summed E-state index contributed by atoms with van der Waals surface area (Å²) in [4.78, 5) is 2.77. The van der Waals surface area contributed by atoms with Gasteiger partial charge in [0.05, 0.1) is 0 Å². The van der Waals surface area contributed by atoms with Gasteiger partial charge < -0.3 is 5.32 Å². The standard InChI is InChI=1S/C17H36N2/c1-5-9-15-11-13-19(14-12-15)17(7-3)16(10-6-2)18-8-4/h15-18H,5-14H2,1-4H3. The molecule has 0 aromatic carbocycles. The Morgan fingerprint density at radius 1 is 1.05 bits per heavy atom. The van der Waals surface area contributed by atoms with Gasteiger partial charge in [0.25, 0.3) is 0 Å². The zero-order chi connectivity index (χ0) is 14.1. The van der Waals surface area contributed by atoms with Crippen molar-refractivity contribution in [2.45, 2.75) is 84.7 Å². The zero-order valence-electron chi connectivity index (χ0n) is 13.8. The molecule has 114 valence electrons. The third-order valence-electron chi connectivity index (χ3n) is 4.76. The number of likely N-dealkylation sites (N-methyl/N-ethyl adjacent to an activating group) is 1. The molecule has 1 N–H and O–H groups in total. The monoisotopic (exact) mass is 268 g/mol. The second kappa shape index (κ2) is 9.77. The number of nitrogens with zero attached hydrogens (tertiary/aromatic N) is 1. The molecule has 0 aromatic rings. The van der Waals surface area contributed by atoms with E-state index >= 15 is 0 Å². The average molecular weight is 268 g/mol. The largest absolute Gasteiger partial charge is 0.313 e. The number of hydrogen-bond acceptors (Lipinski definition) is 2. The summed E-state index contributed by atoms with van der Waals surface area (Å²) in [5, 5.41) is 3.73. The molecular formula is C17H36N2. The molecule has 0 amide bonds. The highest BCUT2D eigenvalue weighted by Gasteiger charge is 2.28. The van der Waals surface area contributed by atoms with Gasteiger partial charge >= 0.3 is 0 Å². The molecule has 0 aliphatic carbocycles. The van der Waals surface area contributed by atoms with Crippen LogP contribution in [-0.4, -0.2) is 36.6 Å². The first-order valence-corrected chi connectivity index (χ1v) is 8.74. The second-order valence-electron chi connectivity index (χ2n) is 6.20. The molecule has 1 aliphatic rings. The fraction of sp³-hybridized carbons (Fsp3) is 1.00. The molecule has 0 saturated carbocycles. The summed E-state index contributed by atoms with van der Waals surface area (Å²) < 4.78 is 0. The van der Waals surface area contributed by atoms with Gasteiger partial charge in [0.15, 0.2) is 0 Å². The van der Waals surface area contributed by atoms with Gasteiger partial charge in [-0.3, -0.25) is 4.90 Å². The van der Waals surface area contributed by atoms with Gasteiger partial charge in [0.1, 0.15) is 0 Å². The van der Waals surface area contributed by atoms with Crippen LogP contribution in [0.1, 0.15) is 72.6 Å². The van der Waals surface area contributed by atoms with E-state index in [1.165, 1.54) is 58.0 Å². The van der Waals surface area contributed by atoms with E-state index in [4.69, 9.17) is 0 Å². The molecule has 0 spiro atoms. The molecule has 0 aromatic heterocycles. The Morgan fingerprint density at radius 3 is 2.21 bits per heavy atom. The van der Waals surface area contributed by atoms with Crippen LogP contribution in [0.15, 0.2) is 0 Å². The third kappa shape index (κ3) is 5.43. The molecule has 0 radical (unpaired) electrons. The second-order valence-corrected chi connectivity index (χ2v) is 6.20. The van der Waals surface area contributed by atoms with Crippen LogP contribution in [0.3, 0.4) is 0 Å². The molecular weight excluding hydrogens is 232 g/mol. The Hall–Kier alpha value is -0.0800. The molecule has 1 saturated heterocycles. The minimum Gasteiger partial charge on any atom is -0.313 e. The summed E-state index contributed by atoms with van der Waals surface area (Å²) in [6.07, 6.45) is 9.55. The molecule has 1 fully saturated rings. The minimum absolute atomic E-state index is 0.697. The van der Waals surface area contributed by atoms with Crippen molar-refractivity contribution in [2.24, 2.45) is 5.92 Å². The predicted octanol–water partition coefficient (Wildman–Crippen LogP) is 4.06. The number of piperidine rings is 1. The molecule has 1 rings (SSSR count). The lowest BCUT2D eigenvalue weighted by Crippen LogP contribution is -2.52. The van der Waals surface area contributed by atoms with Crippen molar-refractivity contribution in [2.75, 3.05) is 19.6 Å². The van der Waals surface area contributed by atoms with Crippen molar-refractivity contribution in [3.05, 3.63) is 0 Å². The molecule has 1 aliphatic heterocycles. The van der Waals surface area contributed by atoms with Gasteiger partial charge in [-0.25, -0.2) is 0 Å². The summed E-state index contributed by atoms with van der Waals surface area (Å²) in [7, 11) is 0. The van der Waals surface area contributed by atoms with Crippen LogP contribution in [-0.2, 0) is 0 Å². The van der Waals surface area contributed by atoms with Crippen LogP contribution in [0.2, 0.25) is 0 Å². The number of rotatable bonds is 9. The number of likely N-dealkylation sites (tertiary alicyclic amines) is 1. The van der Waals surface area contributed by atoms with Crippen molar-refractivity contribution < 1.29 is 0 Å². The Bertz CT molecular complexity index is 203. The topological polar surface area (TPSA) is 15.3 Å². The van der Waals surface area contributed by atoms with Crippen molar-refractivity contribution in [1.82, 2.24) is 10.2 Å². The molecule has 2 atom stereocenters. The lowest BCUT2D eigenvalue weighted by Gasteiger charge is -2.41. The fourth-order valence-electron chi connectivity index (χ4n) is 3.78. The van der Waals surface area contributed by atoms with Gasteiger partial charge in [0, 0.05) is 12.1 Å². The van der Waals surface area contributed by atoms with Crippen molar-refractivity contribution >= 4 is 0 Å². The van der Waals surface area contributed by atoms with Crippen LogP contribution >= 0.6 is 0 Å². The average Bonchev–Trinajstić information content (AvgIpc) is 2.42. The highest BCUT2D eigenvalue weighted by Crippen LogP contribution is 2.25. The maximum absolute atomic E-state index is 3.73. The summed E-state index contributed by atoms with van der Waals surface area (Å²) in [5.41, 5.74) is 0. The Balaban J connectivity index is 2.49. The fourth-order valence-corrected chi connectivity index (χ4v) is 3.78. The van der Waals surface area contributed by atoms with Gasteiger partial charge in [-0.15, -0.1) is 0 Å². The van der Waals surface area contributed by atoms with Crippen molar-refractivity contribution in [3.63, 3.8) is 0 Å². The molecule has 2 heteroatoms. The van der Waals surface area contributed by atoms with Gasteiger partial charge in [-0.1, -0.05) is 47.0 Å². The molecule has 2 nitrogen and oxygen atoms in total. The van der Waals surface area contributed by atoms with E-state index in [1.54, 1.807) is 0 Å². The van der Waals surface area contributed by atoms with E-state index in [1.807, 2.05) is 0 Å². The van der Waals surface area contributed by atoms with E-state index in [0.29, 0.717) is 6.04 Å². The SMILES string of the molecule is CCCC1CCN(C(CC)C(CCC)NCC)CC1. The first-order chi connectivity index (χ1) is 9.26. The Kier molecular flexibility index (Phi) is 8.72. The predicted molar refractivity (Wildman–Crippen MR) is 85.7 cm³/mol. The lowest BCUT2D eigenvalue weighted by atomic mass is 9.89. The van der Waals surface area contributed by atoms with E-state index in [0.717, 1.165) is 18.5 Å². The first kappa shape index (κ1) is 17.0. The van der Waals surface area contributed by atoms with Crippen molar-refractivity contribution in [1.29, 1.82) is 0 Å². The maximum atomic E-state index is 3.73. The Morgan fingerprint density at radius 2 is 1.74 bits per heavy atom. The first-order valence-electron chi connectivity index (χ1n) is 8.74. The Labute approximate surface area is 121 Å². The van der Waals surface area contributed by atoms with Crippen LogP contribution in [0.4, 0.5) is 0 Å². The van der Waals surface area contributed by atoms with Gasteiger partial charge in [0.2, 0.25) is 0 Å². The molecule has 2 unspecified atom stereocenters. The number of nitrogens with one attached hydrogen (secondary N) is 1. The van der Waals surface area contributed by atoms with Crippen LogP contribution in [0.5, 0.6) is 0 Å². The van der Waals surface area contributed by atoms with Gasteiger partial charge in [-0.2, -0.15) is 0 Å². The highest BCUT2D eigenvalue weighted by atomic mass is 15.2. The maximum Gasteiger partial charge on any atom is 0.0246 e. The summed E-state index contributed by atoms with van der Waals surface area (Å²) >= 11 is 0. The quantitative estimate of drug-likeness (QED) is 0.678. The van der Waals surface area contributed by atoms with Gasteiger partial charge in [-0.05, 0) is 51.2 Å². The smallest absolute Gasteiger partial charge is 0.0246 e. The molecule has 19 heavy (non-hydrogen) atoms. The molecule has 1 heterocycles. The zero-order valence-corrected chi connectivity index (χ0v) is 13.8. The summed E-state index contributed by atoms with van der Waals surface area (Å²) in [6.45, 7) is 13.0. The summed E-state index contributed by atoms with van der Waals surface area (Å²) in [6, 6.07) is 1.45. The van der Waals surface area contributed by atoms with Crippen LogP contribution in [0, 0.1) is 5.92 Å². The van der Waals surface area contributed by atoms with E-state index in [9.17, 15) is 0 Å². The molecule has 0 bridgehead atoms. The van der Waals surface area contributed by atoms with E-state index in [2.05, 4.69) is 37.9 Å². The lowest BCUT2D eigenvalue weighted by molar-refractivity contribution is 0.0979. The van der Waals surface area contributed by atoms with Crippen LogP contribution < -0.4 is 5.32 Å². The highest BCUT2D eigenvalue weighted by molar-refractivity contribution is 4.86.